The molecule has 2 aromatic heterocycles. The smallest absolute Gasteiger partial charge is 0.409 e. The molecule has 0 spiro atoms. The zero-order valence-corrected chi connectivity index (χ0v) is 16.8. The number of aryl methyl sites for hydroxylation is 2. The van der Waals surface area contributed by atoms with Crippen molar-refractivity contribution in [1.82, 2.24) is 20.3 Å². The van der Waals surface area contributed by atoms with E-state index in [1.807, 2.05) is 6.92 Å². The predicted octanol–water partition coefficient (Wildman–Crippen LogP) is 3.70. The van der Waals surface area contributed by atoms with Crippen LogP contribution in [0.25, 0.3) is 0 Å². The van der Waals surface area contributed by atoms with E-state index >= 15 is 0 Å². The normalized spacial score (nSPS) is 12.6. The molecule has 1 amide bonds. The lowest BCUT2D eigenvalue weighted by molar-refractivity contribution is 0.140. The molecule has 0 saturated carbocycles. The van der Waals surface area contributed by atoms with E-state index in [1.54, 1.807) is 19.3 Å². The number of thioether (sulfide) groups is 1. The second-order valence-corrected chi connectivity index (χ2v) is 7.33. The van der Waals surface area contributed by atoms with Crippen LogP contribution in [0.1, 0.15) is 35.7 Å². The van der Waals surface area contributed by atoms with E-state index in [4.69, 9.17) is 21.1 Å². The van der Waals surface area contributed by atoms with Crippen molar-refractivity contribution in [3.8, 4) is 5.88 Å². The molecule has 7 nitrogen and oxygen atoms in total. The van der Waals surface area contributed by atoms with Crippen molar-refractivity contribution < 1.29 is 14.3 Å². The number of nitrogens with one attached hydrogen (secondary N) is 1. The van der Waals surface area contributed by atoms with E-state index < -0.39 is 6.09 Å². The lowest BCUT2D eigenvalue weighted by atomic mass is 10.2. The third kappa shape index (κ3) is 5.01. The predicted molar refractivity (Wildman–Crippen MR) is 103 cm³/mol. The average Bonchev–Trinajstić information content (AvgIpc) is 3.10. The van der Waals surface area contributed by atoms with Gasteiger partial charge in [-0.05, 0) is 44.2 Å². The SMILES string of the molecule is CCOC(=O)NCOc1nc(SCc2c(C)cncc2Cl)nc2c1CCC2. The summed E-state index contributed by atoms with van der Waals surface area (Å²) in [6.45, 7) is 4.04. The highest BCUT2D eigenvalue weighted by Gasteiger charge is 2.21. The minimum absolute atomic E-state index is 0.00167. The molecule has 0 atom stereocenters. The fraction of sp³-hybridized carbons (Fsp3) is 0.444. The number of hydrogen-bond acceptors (Lipinski definition) is 7. The second kappa shape index (κ2) is 9.23. The summed E-state index contributed by atoms with van der Waals surface area (Å²) >= 11 is 7.75. The van der Waals surface area contributed by atoms with Gasteiger partial charge in [0.05, 0.1) is 17.3 Å². The van der Waals surface area contributed by atoms with Crippen molar-refractivity contribution in [1.29, 1.82) is 0 Å². The number of alkyl carbamates (subject to hydrolysis) is 1. The van der Waals surface area contributed by atoms with Crippen LogP contribution in [0.15, 0.2) is 17.6 Å². The van der Waals surface area contributed by atoms with Crippen molar-refractivity contribution in [3.63, 3.8) is 0 Å². The molecule has 27 heavy (non-hydrogen) atoms. The maximum atomic E-state index is 11.4. The highest BCUT2D eigenvalue weighted by molar-refractivity contribution is 7.98. The summed E-state index contributed by atoms with van der Waals surface area (Å²) < 4.78 is 10.5. The number of rotatable bonds is 7. The Morgan fingerprint density at radius 1 is 1.33 bits per heavy atom. The number of carbonyl (C=O) groups is 1. The van der Waals surface area contributed by atoms with Crippen LogP contribution in [0.4, 0.5) is 4.79 Å². The van der Waals surface area contributed by atoms with E-state index in [1.165, 1.54) is 11.8 Å². The first-order valence-electron chi connectivity index (χ1n) is 8.73. The van der Waals surface area contributed by atoms with Crippen LogP contribution in [0.3, 0.4) is 0 Å². The molecule has 0 aromatic carbocycles. The molecule has 0 aliphatic heterocycles. The standard InChI is InChI=1S/C18H21ClN4O3S/c1-3-25-18(24)21-10-26-16-12-5-4-6-15(12)22-17(23-16)27-9-13-11(2)7-20-8-14(13)19/h7-8H,3-6,9-10H2,1-2H3,(H,21,24). The number of hydrogen-bond donors (Lipinski definition) is 1. The minimum atomic E-state index is -0.513. The van der Waals surface area contributed by atoms with Crippen LogP contribution >= 0.6 is 23.4 Å². The molecule has 0 bridgehead atoms. The van der Waals surface area contributed by atoms with Gasteiger partial charge in [-0.3, -0.25) is 10.3 Å². The zero-order chi connectivity index (χ0) is 19.2. The number of carbonyl (C=O) groups excluding carboxylic acids is 1. The van der Waals surface area contributed by atoms with Crippen LogP contribution in [-0.4, -0.2) is 34.4 Å². The number of aromatic nitrogens is 3. The first kappa shape index (κ1) is 19.7. The fourth-order valence-electron chi connectivity index (χ4n) is 2.78. The number of nitrogens with zero attached hydrogens (tertiary/aromatic N) is 3. The first-order chi connectivity index (χ1) is 13.1. The monoisotopic (exact) mass is 408 g/mol. The number of ether oxygens (including phenoxy) is 2. The molecular weight excluding hydrogens is 388 g/mol. The van der Waals surface area contributed by atoms with Gasteiger partial charge in [0.2, 0.25) is 5.88 Å². The Balaban J connectivity index is 1.70. The molecule has 9 heteroatoms. The highest BCUT2D eigenvalue weighted by atomic mass is 35.5. The summed E-state index contributed by atoms with van der Waals surface area (Å²) in [5.41, 5.74) is 4.08. The molecule has 144 valence electrons. The molecule has 1 N–H and O–H groups in total. The van der Waals surface area contributed by atoms with Gasteiger partial charge in [-0.2, -0.15) is 4.98 Å². The molecule has 2 heterocycles. The van der Waals surface area contributed by atoms with Gasteiger partial charge in [0, 0.05) is 23.7 Å². The van der Waals surface area contributed by atoms with Crippen molar-refractivity contribution in [2.75, 3.05) is 13.3 Å². The maximum Gasteiger partial charge on any atom is 0.409 e. The van der Waals surface area contributed by atoms with E-state index in [0.29, 0.717) is 28.4 Å². The number of halogens is 1. The Bertz CT molecular complexity index is 814. The number of pyridine rings is 1. The summed E-state index contributed by atoms with van der Waals surface area (Å²) in [5, 5.41) is 3.81. The fourth-order valence-corrected chi connectivity index (χ4v) is 4.11. The highest BCUT2D eigenvalue weighted by Crippen LogP contribution is 2.32. The molecule has 1 aliphatic carbocycles. The summed E-state index contributed by atoms with van der Waals surface area (Å²) in [5.74, 6) is 1.17. The quantitative estimate of drug-likeness (QED) is 0.424. The maximum absolute atomic E-state index is 11.4. The van der Waals surface area contributed by atoms with Gasteiger partial charge in [0.1, 0.15) is 0 Å². The Kier molecular flexibility index (Phi) is 6.73. The Hall–Kier alpha value is -2.06. The van der Waals surface area contributed by atoms with E-state index in [2.05, 4.69) is 20.3 Å². The molecular formula is C18H21ClN4O3S. The Morgan fingerprint density at radius 2 is 2.19 bits per heavy atom. The van der Waals surface area contributed by atoms with E-state index in [9.17, 15) is 4.79 Å². The van der Waals surface area contributed by atoms with Crippen molar-refractivity contribution >= 4 is 29.5 Å². The lowest BCUT2D eigenvalue weighted by Gasteiger charge is -2.12. The average molecular weight is 409 g/mol. The molecule has 2 aromatic rings. The van der Waals surface area contributed by atoms with Gasteiger partial charge in [0.25, 0.3) is 0 Å². The third-order valence-corrected chi connectivity index (χ3v) is 5.34. The third-order valence-electron chi connectivity index (χ3n) is 4.14. The summed E-state index contributed by atoms with van der Waals surface area (Å²) in [6.07, 6.45) is 5.73. The molecule has 0 saturated heterocycles. The second-order valence-electron chi connectivity index (χ2n) is 5.98. The van der Waals surface area contributed by atoms with Gasteiger partial charge >= 0.3 is 6.09 Å². The Labute approximate surface area is 167 Å². The van der Waals surface area contributed by atoms with Gasteiger partial charge in [-0.15, -0.1) is 0 Å². The topological polar surface area (TPSA) is 86.2 Å². The first-order valence-corrected chi connectivity index (χ1v) is 10.1. The van der Waals surface area contributed by atoms with E-state index in [-0.39, 0.29) is 6.73 Å². The van der Waals surface area contributed by atoms with Crippen LogP contribution < -0.4 is 10.1 Å². The van der Waals surface area contributed by atoms with Gasteiger partial charge < -0.3 is 9.47 Å². The molecule has 3 rings (SSSR count). The van der Waals surface area contributed by atoms with E-state index in [0.717, 1.165) is 41.6 Å². The summed E-state index contributed by atoms with van der Waals surface area (Å²) in [6, 6.07) is 0. The van der Waals surface area contributed by atoms with Crippen LogP contribution in [0.5, 0.6) is 5.88 Å². The van der Waals surface area contributed by atoms with Crippen molar-refractivity contribution in [2.24, 2.45) is 0 Å². The van der Waals surface area contributed by atoms with Crippen molar-refractivity contribution in [3.05, 3.63) is 39.8 Å². The molecule has 1 aliphatic rings. The molecule has 0 fully saturated rings. The minimum Gasteiger partial charge on any atom is -0.456 e. The number of fused-ring (bicyclic) bond motifs is 1. The Morgan fingerprint density at radius 3 is 2.96 bits per heavy atom. The van der Waals surface area contributed by atoms with Crippen LogP contribution in [-0.2, 0) is 23.3 Å². The summed E-state index contributed by atoms with van der Waals surface area (Å²) in [4.78, 5) is 24.7. The molecule has 0 unspecified atom stereocenters. The molecule has 0 radical (unpaired) electrons. The summed E-state index contributed by atoms with van der Waals surface area (Å²) in [7, 11) is 0. The lowest BCUT2D eigenvalue weighted by Crippen LogP contribution is -2.28. The van der Waals surface area contributed by atoms with Gasteiger partial charge in [-0.1, -0.05) is 23.4 Å². The number of amides is 1. The largest absolute Gasteiger partial charge is 0.456 e. The van der Waals surface area contributed by atoms with Crippen LogP contribution in [0.2, 0.25) is 5.02 Å². The van der Waals surface area contributed by atoms with Crippen molar-refractivity contribution in [2.45, 2.75) is 44.0 Å². The van der Waals surface area contributed by atoms with Gasteiger partial charge in [0.15, 0.2) is 11.9 Å². The van der Waals surface area contributed by atoms with Crippen LogP contribution in [0, 0.1) is 6.92 Å². The van der Waals surface area contributed by atoms with Gasteiger partial charge in [-0.25, -0.2) is 9.78 Å². The zero-order valence-electron chi connectivity index (χ0n) is 15.2.